The van der Waals surface area contributed by atoms with Crippen LogP contribution in [0.2, 0.25) is 0 Å². The number of halogens is 1. The first-order valence-electron chi connectivity index (χ1n) is 3.58. The van der Waals surface area contributed by atoms with Crippen LogP contribution in [0.25, 0.3) is 6.08 Å². The molecule has 1 aromatic heterocycles. The SMILES string of the molecule is Br.C=Cc1ccccn1.CCN. The van der Waals surface area contributed by atoms with E-state index in [2.05, 4.69) is 11.6 Å². The Hall–Kier alpha value is -0.670. The van der Waals surface area contributed by atoms with Crippen LogP contribution in [-0.4, -0.2) is 11.5 Å². The predicted octanol–water partition coefficient (Wildman–Crippen LogP) is 2.27. The van der Waals surface area contributed by atoms with Crippen molar-refractivity contribution in [2.75, 3.05) is 6.54 Å². The summed E-state index contributed by atoms with van der Waals surface area (Å²) >= 11 is 0. The van der Waals surface area contributed by atoms with E-state index in [4.69, 9.17) is 5.73 Å². The molecule has 0 saturated heterocycles. The van der Waals surface area contributed by atoms with E-state index in [0.717, 1.165) is 12.2 Å². The smallest absolute Gasteiger partial charge is 0.0623 e. The summed E-state index contributed by atoms with van der Waals surface area (Å²) in [5.41, 5.74) is 5.77. The first kappa shape index (κ1) is 13.9. The zero-order chi connectivity index (χ0) is 8.53. The van der Waals surface area contributed by atoms with Gasteiger partial charge in [-0.05, 0) is 24.8 Å². The second-order valence-electron chi connectivity index (χ2n) is 1.87. The average molecular weight is 231 g/mol. The van der Waals surface area contributed by atoms with Crippen LogP contribution in [-0.2, 0) is 0 Å². The average Bonchev–Trinajstić information content (AvgIpc) is 2.08. The molecule has 0 unspecified atom stereocenters. The van der Waals surface area contributed by atoms with Gasteiger partial charge < -0.3 is 5.73 Å². The Morgan fingerprint density at radius 2 is 2.17 bits per heavy atom. The molecule has 0 radical (unpaired) electrons. The number of pyridine rings is 1. The minimum Gasteiger partial charge on any atom is -0.331 e. The van der Waals surface area contributed by atoms with E-state index in [9.17, 15) is 0 Å². The molecule has 0 atom stereocenters. The number of hydrogen-bond acceptors (Lipinski definition) is 2. The lowest BCUT2D eigenvalue weighted by Crippen LogP contribution is -1.87. The summed E-state index contributed by atoms with van der Waals surface area (Å²) < 4.78 is 0. The summed E-state index contributed by atoms with van der Waals surface area (Å²) in [6, 6.07) is 5.73. The maximum atomic E-state index is 4.85. The molecule has 0 spiro atoms. The Balaban J connectivity index is 0. The van der Waals surface area contributed by atoms with Gasteiger partial charge in [-0.15, -0.1) is 17.0 Å². The maximum absolute atomic E-state index is 4.85. The minimum absolute atomic E-state index is 0. The second-order valence-corrected chi connectivity index (χ2v) is 1.87. The molecular weight excluding hydrogens is 216 g/mol. The largest absolute Gasteiger partial charge is 0.331 e. The van der Waals surface area contributed by atoms with Crippen molar-refractivity contribution in [1.29, 1.82) is 0 Å². The third-order valence-corrected chi connectivity index (χ3v) is 0.897. The Bertz CT molecular complexity index is 187. The summed E-state index contributed by atoms with van der Waals surface area (Å²) in [5, 5.41) is 0. The van der Waals surface area contributed by atoms with E-state index in [1.807, 2.05) is 25.1 Å². The molecule has 12 heavy (non-hydrogen) atoms. The Morgan fingerprint density at radius 1 is 1.58 bits per heavy atom. The molecule has 0 aliphatic heterocycles. The Labute approximate surface area is 84.3 Å². The number of nitrogens with two attached hydrogens (primary N) is 1. The van der Waals surface area contributed by atoms with Crippen LogP contribution in [0.15, 0.2) is 31.0 Å². The van der Waals surface area contributed by atoms with Crippen molar-refractivity contribution in [3.05, 3.63) is 36.7 Å². The van der Waals surface area contributed by atoms with Gasteiger partial charge in [-0.2, -0.15) is 0 Å². The van der Waals surface area contributed by atoms with Crippen molar-refractivity contribution < 1.29 is 0 Å². The van der Waals surface area contributed by atoms with Crippen LogP contribution < -0.4 is 5.73 Å². The predicted molar refractivity (Wildman–Crippen MR) is 59.4 cm³/mol. The minimum atomic E-state index is 0. The molecule has 0 aliphatic carbocycles. The van der Waals surface area contributed by atoms with E-state index in [1.54, 1.807) is 12.3 Å². The fourth-order valence-corrected chi connectivity index (χ4v) is 0.497. The zero-order valence-electron chi connectivity index (χ0n) is 7.23. The van der Waals surface area contributed by atoms with Gasteiger partial charge >= 0.3 is 0 Å². The lowest BCUT2D eigenvalue weighted by Gasteiger charge is -1.84. The normalized spacial score (nSPS) is 7.17. The summed E-state index contributed by atoms with van der Waals surface area (Å²) in [6.45, 7) is 6.22. The van der Waals surface area contributed by atoms with Crippen LogP contribution in [0.1, 0.15) is 12.6 Å². The summed E-state index contributed by atoms with van der Waals surface area (Å²) in [4.78, 5) is 3.98. The van der Waals surface area contributed by atoms with Gasteiger partial charge in [-0.25, -0.2) is 0 Å². The van der Waals surface area contributed by atoms with Gasteiger partial charge in [-0.1, -0.05) is 19.6 Å². The standard InChI is InChI=1S/C7H7N.C2H7N.BrH/c1-2-7-5-3-4-6-8-7;1-2-3;/h2-6H,1H2;2-3H2,1H3;1H. The highest BCUT2D eigenvalue weighted by molar-refractivity contribution is 8.93. The molecule has 1 aromatic rings. The zero-order valence-corrected chi connectivity index (χ0v) is 8.95. The summed E-state index contributed by atoms with van der Waals surface area (Å²) in [7, 11) is 0. The molecule has 0 bridgehead atoms. The second kappa shape index (κ2) is 10.3. The van der Waals surface area contributed by atoms with E-state index in [1.165, 1.54) is 0 Å². The maximum Gasteiger partial charge on any atom is 0.0623 e. The first-order chi connectivity index (χ1) is 5.35. The van der Waals surface area contributed by atoms with Crippen LogP contribution in [0.3, 0.4) is 0 Å². The van der Waals surface area contributed by atoms with Gasteiger partial charge in [0.2, 0.25) is 0 Å². The lowest BCUT2D eigenvalue weighted by molar-refractivity contribution is 1.14. The topological polar surface area (TPSA) is 38.9 Å². The molecule has 68 valence electrons. The third kappa shape index (κ3) is 7.44. The molecule has 3 heteroatoms. The van der Waals surface area contributed by atoms with Crippen molar-refractivity contribution in [2.45, 2.75) is 6.92 Å². The highest BCUT2D eigenvalue weighted by atomic mass is 79.9. The number of rotatable bonds is 1. The van der Waals surface area contributed by atoms with E-state index in [0.29, 0.717) is 0 Å². The third-order valence-electron chi connectivity index (χ3n) is 0.897. The van der Waals surface area contributed by atoms with Gasteiger partial charge in [0.1, 0.15) is 0 Å². The molecule has 2 N–H and O–H groups in total. The monoisotopic (exact) mass is 230 g/mol. The fraction of sp³-hybridized carbons (Fsp3) is 0.222. The van der Waals surface area contributed by atoms with Crippen LogP contribution in [0, 0.1) is 0 Å². The van der Waals surface area contributed by atoms with E-state index >= 15 is 0 Å². The van der Waals surface area contributed by atoms with Gasteiger partial charge in [0.05, 0.1) is 5.69 Å². The highest BCUT2D eigenvalue weighted by Gasteiger charge is 1.77. The number of aromatic nitrogens is 1. The molecule has 1 heterocycles. The first-order valence-corrected chi connectivity index (χ1v) is 3.58. The quantitative estimate of drug-likeness (QED) is 0.805. The highest BCUT2D eigenvalue weighted by Crippen LogP contribution is 1.91. The van der Waals surface area contributed by atoms with Crippen molar-refractivity contribution in [2.24, 2.45) is 5.73 Å². The molecule has 2 nitrogen and oxygen atoms in total. The van der Waals surface area contributed by atoms with Crippen LogP contribution in [0.5, 0.6) is 0 Å². The van der Waals surface area contributed by atoms with Crippen molar-refractivity contribution in [3.8, 4) is 0 Å². The number of nitrogens with zero attached hydrogens (tertiary/aromatic N) is 1. The van der Waals surface area contributed by atoms with E-state index < -0.39 is 0 Å². The lowest BCUT2D eigenvalue weighted by atomic mass is 10.4. The van der Waals surface area contributed by atoms with Gasteiger partial charge in [0, 0.05) is 6.20 Å². The molecule has 0 saturated carbocycles. The van der Waals surface area contributed by atoms with Gasteiger partial charge in [0.15, 0.2) is 0 Å². The Kier molecular flexibility index (Phi) is 12.0. The van der Waals surface area contributed by atoms with Crippen molar-refractivity contribution in [1.82, 2.24) is 4.98 Å². The summed E-state index contributed by atoms with van der Waals surface area (Å²) in [5.74, 6) is 0. The van der Waals surface area contributed by atoms with Crippen LogP contribution in [0.4, 0.5) is 0 Å². The molecular formula is C9H15BrN2. The molecule has 0 fully saturated rings. The van der Waals surface area contributed by atoms with Crippen LogP contribution >= 0.6 is 17.0 Å². The molecule has 0 aliphatic rings. The van der Waals surface area contributed by atoms with Crippen molar-refractivity contribution >= 4 is 23.1 Å². The molecule has 0 amide bonds. The fourth-order valence-electron chi connectivity index (χ4n) is 0.497. The Morgan fingerprint density at radius 3 is 2.42 bits per heavy atom. The molecule has 1 rings (SSSR count). The van der Waals surface area contributed by atoms with E-state index in [-0.39, 0.29) is 17.0 Å². The molecule has 0 aromatic carbocycles. The summed E-state index contributed by atoms with van der Waals surface area (Å²) in [6.07, 6.45) is 3.47. The van der Waals surface area contributed by atoms with Gasteiger partial charge in [0.25, 0.3) is 0 Å². The van der Waals surface area contributed by atoms with Crippen molar-refractivity contribution in [3.63, 3.8) is 0 Å². The number of hydrogen-bond donors (Lipinski definition) is 1. The van der Waals surface area contributed by atoms with Gasteiger partial charge in [-0.3, -0.25) is 4.98 Å².